The third kappa shape index (κ3) is 7.04. The van der Waals surface area contributed by atoms with Gasteiger partial charge in [0.05, 0.1) is 0 Å². The van der Waals surface area contributed by atoms with E-state index in [0.29, 0.717) is 23.4 Å². The number of hydrogen-bond donors (Lipinski definition) is 4. The van der Waals surface area contributed by atoms with E-state index in [2.05, 4.69) is 51.9 Å². The Balaban J connectivity index is 1.57. The first kappa shape index (κ1) is 25.2. The molecule has 1 saturated heterocycles. The molecule has 0 bridgehead atoms. The maximum Gasteiger partial charge on any atom is 0.251 e. The average Bonchev–Trinajstić information content (AvgIpc) is 3.48. The summed E-state index contributed by atoms with van der Waals surface area (Å²) in [6.45, 7) is 11.3. The van der Waals surface area contributed by atoms with Gasteiger partial charge in [0.15, 0.2) is 0 Å². The fourth-order valence-corrected chi connectivity index (χ4v) is 4.76. The van der Waals surface area contributed by atoms with Crippen LogP contribution in [0.3, 0.4) is 0 Å². The van der Waals surface area contributed by atoms with Crippen molar-refractivity contribution >= 4 is 29.4 Å². The normalized spacial score (nSPS) is 18.5. The molecule has 2 aliphatic rings. The van der Waals surface area contributed by atoms with Gasteiger partial charge in [-0.2, -0.15) is 15.0 Å². The van der Waals surface area contributed by atoms with Gasteiger partial charge in [0.25, 0.3) is 5.91 Å². The number of nitrogens with zero attached hydrogens (tertiary/aromatic N) is 4. The third-order valence-electron chi connectivity index (χ3n) is 6.51. The Hall–Kier alpha value is -2.94. The highest BCUT2D eigenvalue weighted by atomic mass is 16.1. The van der Waals surface area contributed by atoms with Gasteiger partial charge in [-0.25, -0.2) is 0 Å². The zero-order valence-corrected chi connectivity index (χ0v) is 21.7. The smallest absolute Gasteiger partial charge is 0.251 e. The molecule has 9 heteroatoms. The minimum absolute atomic E-state index is 0.0303. The first-order valence-corrected chi connectivity index (χ1v) is 12.8. The summed E-state index contributed by atoms with van der Waals surface area (Å²) in [5, 5.41) is 13.4. The summed E-state index contributed by atoms with van der Waals surface area (Å²) in [5.41, 5.74) is 2.56. The van der Waals surface area contributed by atoms with Gasteiger partial charge in [-0.3, -0.25) is 4.79 Å². The third-order valence-corrected chi connectivity index (χ3v) is 6.51. The topological polar surface area (TPSA) is 107 Å². The Labute approximate surface area is 208 Å². The SMILES string of the molecule is Cc1ccc(C(=O)NC2CCCC2)cc1Nc1nc(N[C@@H]2CCNC2)nc(N(C)CC(C)(C)C)n1. The largest absolute Gasteiger partial charge is 0.350 e. The maximum absolute atomic E-state index is 12.8. The van der Waals surface area contributed by atoms with E-state index in [1.165, 1.54) is 12.8 Å². The van der Waals surface area contributed by atoms with Crippen LogP contribution in [0.1, 0.15) is 68.8 Å². The fraction of sp³-hybridized carbons (Fsp3) is 0.615. The summed E-state index contributed by atoms with van der Waals surface area (Å²) >= 11 is 0. The summed E-state index contributed by atoms with van der Waals surface area (Å²) in [7, 11) is 2.00. The van der Waals surface area contributed by atoms with Crippen molar-refractivity contribution in [3.63, 3.8) is 0 Å². The van der Waals surface area contributed by atoms with E-state index >= 15 is 0 Å². The molecule has 4 rings (SSSR count). The highest BCUT2D eigenvalue weighted by Crippen LogP contribution is 2.25. The van der Waals surface area contributed by atoms with Crippen LogP contribution < -0.4 is 26.2 Å². The number of aromatic nitrogens is 3. The number of amides is 1. The second-order valence-electron chi connectivity index (χ2n) is 11.1. The molecule has 35 heavy (non-hydrogen) atoms. The number of benzene rings is 1. The minimum Gasteiger partial charge on any atom is -0.350 e. The summed E-state index contributed by atoms with van der Waals surface area (Å²) in [6, 6.07) is 6.29. The van der Waals surface area contributed by atoms with E-state index in [1.807, 2.05) is 32.2 Å². The molecule has 0 radical (unpaired) electrons. The van der Waals surface area contributed by atoms with Crippen LogP contribution in [-0.4, -0.2) is 59.6 Å². The van der Waals surface area contributed by atoms with Gasteiger partial charge in [-0.05, 0) is 55.8 Å². The van der Waals surface area contributed by atoms with E-state index in [4.69, 9.17) is 9.97 Å². The molecule has 4 N–H and O–H groups in total. The van der Waals surface area contributed by atoms with Crippen molar-refractivity contribution in [1.29, 1.82) is 0 Å². The molecule has 2 aromatic rings. The Bertz CT molecular complexity index is 1020. The summed E-state index contributed by atoms with van der Waals surface area (Å²) in [5.74, 6) is 1.59. The standard InChI is InChI=1S/C26H40N8O/c1-17-10-11-18(22(35)28-19-8-6-7-9-19)14-21(17)30-24-31-23(29-20-12-13-27-15-20)32-25(33-24)34(5)16-26(2,3)4/h10-11,14,19-20,27H,6-9,12-13,15-16H2,1-5H3,(H,28,35)(H2,29,30,31,32,33)/t20-/m1/s1. The van der Waals surface area contributed by atoms with Crippen LogP contribution in [0.4, 0.5) is 23.5 Å². The lowest BCUT2D eigenvalue weighted by Gasteiger charge is -2.27. The maximum atomic E-state index is 12.8. The molecule has 1 saturated carbocycles. The Morgan fingerprint density at radius 1 is 1.09 bits per heavy atom. The Morgan fingerprint density at radius 3 is 2.51 bits per heavy atom. The van der Waals surface area contributed by atoms with Gasteiger partial charge in [0, 0.05) is 43.5 Å². The van der Waals surface area contributed by atoms with Crippen LogP contribution in [0.2, 0.25) is 0 Å². The lowest BCUT2D eigenvalue weighted by molar-refractivity contribution is 0.0938. The van der Waals surface area contributed by atoms with Crippen LogP contribution >= 0.6 is 0 Å². The van der Waals surface area contributed by atoms with Gasteiger partial charge < -0.3 is 26.2 Å². The molecular formula is C26H40N8O. The lowest BCUT2D eigenvalue weighted by atomic mass is 9.96. The molecule has 0 unspecified atom stereocenters. The van der Waals surface area contributed by atoms with Gasteiger partial charge in [-0.1, -0.05) is 39.7 Å². The molecule has 1 aliphatic carbocycles. The molecule has 1 atom stereocenters. The molecule has 2 heterocycles. The highest BCUT2D eigenvalue weighted by molar-refractivity contribution is 5.95. The number of aryl methyl sites for hydroxylation is 1. The lowest BCUT2D eigenvalue weighted by Crippen LogP contribution is -2.32. The second-order valence-corrected chi connectivity index (χ2v) is 11.1. The number of anilines is 4. The van der Waals surface area contributed by atoms with Crippen LogP contribution in [0.5, 0.6) is 0 Å². The van der Waals surface area contributed by atoms with Crippen LogP contribution in [-0.2, 0) is 0 Å². The first-order chi connectivity index (χ1) is 16.7. The second kappa shape index (κ2) is 10.8. The number of hydrogen-bond acceptors (Lipinski definition) is 8. The van der Waals surface area contributed by atoms with Crippen LogP contribution in [0, 0.1) is 12.3 Å². The van der Waals surface area contributed by atoms with Crippen LogP contribution in [0.15, 0.2) is 18.2 Å². The summed E-state index contributed by atoms with van der Waals surface area (Å²) in [4.78, 5) is 29.0. The van der Waals surface area contributed by atoms with E-state index in [-0.39, 0.29) is 23.4 Å². The van der Waals surface area contributed by atoms with Gasteiger partial charge >= 0.3 is 0 Å². The average molecular weight is 481 g/mol. The van der Waals surface area contributed by atoms with E-state index in [0.717, 1.165) is 50.1 Å². The monoisotopic (exact) mass is 480 g/mol. The van der Waals surface area contributed by atoms with E-state index < -0.39 is 0 Å². The Kier molecular flexibility index (Phi) is 7.74. The molecule has 190 valence electrons. The number of rotatable bonds is 8. The molecule has 1 aromatic heterocycles. The van der Waals surface area contributed by atoms with E-state index in [1.54, 1.807) is 0 Å². The zero-order chi connectivity index (χ0) is 25.0. The predicted molar refractivity (Wildman–Crippen MR) is 142 cm³/mol. The van der Waals surface area contributed by atoms with E-state index in [9.17, 15) is 4.79 Å². The van der Waals surface area contributed by atoms with Crippen molar-refractivity contribution in [1.82, 2.24) is 25.6 Å². The van der Waals surface area contributed by atoms with Crippen molar-refractivity contribution in [2.24, 2.45) is 5.41 Å². The number of carbonyl (C=O) groups is 1. The number of carbonyl (C=O) groups excluding carboxylic acids is 1. The molecular weight excluding hydrogens is 440 g/mol. The van der Waals surface area contributed by atoms with Crippen molar-refractivity contribution in [3.05, 3.63) is 29.3 Å². The van der Waals surface area contributed by atoms with Crippen molar-refractivity contribution in [3.8, 4) is 0 Å². The van der Waals surface area contributed by atoms with Crippen LogP contribution in [0.25, 0.3) is 0 Å². The molecule has 0 spiro atoms. The zero-order valence-electron chi connectivity index (χ0n) is 21.7. The van der Waals surface area contributed by atoms with Gasteiger partial charge in [0.2, 0.25) is 17.8 Å². The summed E-state index contributed by atoms with van der Waals surface area (Å²) in [6.07, 6.45) is 5.52. The predicted octanol–water partition coefficient (Wildman–Crippen LogP) is 3.85. The number of nitrogens with one attached hydrogen (secondary N) is 4. The molecule has 1 aromatic carbocycles. The molecule has 1 aliphatic heterocycles. The highest BCUT2D eigenvalue weighted by Gasteiger charge is 2.21. The van der Waals surface area contributed by atoms with Gasteiger partial charge in [-0.15, -0.1) is 0 Å². The minimum atomic E-state index is -0.0303. The fourth-order valence-electron chi connectivity index (χ4n) is 4.76. The molecule has 2 fully saturated rings. The van der Waals surface area contributed by atoms with Crippen molar-refractivity contribution < 1.29 is 4.79 Å². The Morgan fingerprint density at radius 2 is 1.83 bits per heavy atom. The van der Waals surface area contributed by atoms with Crippen molar-refractivity contribution in [2.75, 3.05) is 42.2 Å². The molecule has 9 nitrogen and oxygen atoms in total. The van der Waals surface area contributed by atoms with Gasteiger partial charge in [0.1, 0.15) is 0 Å². The molecule has 1 amide bonds. The first-order valence-electron chi connectivity index (χ1n) is 12.8. The van der Waals surface area contributed by atoms with Crippen molar-refractivity contribution in [2.45, 2.75) is 71.9 Å². The summed E-state index contributed by atoms with van der Waals surface area (Å²) < 4.78 is 0. The quantitative estimate of drug-likeness (QED) is 0.451.